The van der Waals surface area contributed by atoms with Gasteiger partial charge in [-0.3, -0.25) is 4.90 Å². The van der Waals surface area contributed by atoms with Gasteiger partial charge < -0.3 is 9.30 Å². The molecule has 2 aromatic rings. The number of hydrogen-bond acceptors (Lipinski definition) is 2. The molecule has 0 radical (unpaired) electrons. The van der Waals surface area contributed by atoms with Gasteiger partial charge in [0.25, 0.3) is 0 Å². The molecule has 3 heteroatoms. The molecular weight excluding hydrogens is 332 g/mol. The van der Waals surface area contributed by atoms with Crippen LogP contribution in [-0.4, -0.2) is 28.2 Å². The van der Waals surface area contributed by atoms with Crippen LogP contribution in [0.1, 0.15) is 70.7 Å². The maximum Gasteiger partial charge on any atom is 0.119 e. The highest BCUT2D eigenvalue weighted by atomic mass is 16.5. The zero-order chi connectivity index (χ0) is 19.0. The van der Waals surface area contributed by atoms with E-state index in [1.807, 2.05) is 0 Å². The molecule has 0 unspecified atom stereocenters. The third-order valence-electron chi connectivity index (χ3n) is 6.02. The highest BCUT2D eigenvalue weighted by Crippen LogP contribution is 2.47. The number of nitrogens with zero attached hydrogens (tertiary/aromatic N) is 2. The minimum atomic E-state index is 0.229. The summed E-state index contributed by atoms with van der Waals surface area (Å²) in [5.74, 6) is 1.75. The molecule has 0 amide bonds. The van der Waals surface area contributed by atoms with Crippen LogP contribution < -0.4 is 4.74 Å². The first-order valence-electron chi connectivity index (χ1n) is 10.7. The maximum absolute atomic E-state index is 5.85. The van der Waals surface area contributed by atoms with Gasteiger partial charge in [-0.25, -0.2) is 0 Å². The van der Waals surface area contributed by atoms with Crippen molar-refractivity contribution in [1.29, 1.82) is 0 Å². The number of hydrogen-bond donors (Lipinski definition) is 0. The number of aromatic nitrogens is 1. The zero-order valence-electron chi connectivity index (χ0n) is 17.4. The fourth-order valence-corrected chi connectivity index (χ4v) is 4.17. The van der Waals surface area contributed by atoms with Crippen molar-refractivity contribution < 1.29 is 4.74 Å². The summed E-state index contributed by atoms with van der Waals surface area (Å²) in [7, 11) is 0. The molecule has 0 saturated heterocycles. The van der Waals surface area contributed by atoms with Crippen molar-refractivity contribution >= 4 is 0 Å². The number of rotatable bonds is 6. The molecule has 2 heterocycles. The molecule has 1 aromatic carbocycles. The second-order valence-corrected chi connectivity index (χ2v) is 9.18. The van der Waals surface area contributed by atoms with E-state index in [1.165, 1.54) is 36.1 Å². The van der Waals surface area contributed by atoms with Gasteiger partial charge in [0.1, 0.15) is 5.75 Å². The molecule has 1 aliphatic carbocycles. The highest BCUT2D eigenvalue weighted by molar-refractivity contribution is 5.69. The van der Waals surface area contributed by atoms with Crippen LogP contribution in [0.15, 0.2) is 30.3 Å². The lowest BCUT2D eigenvalue weighted by Crippen LogP contribution is -2.45. The Hall–Kier alpha value is -1.74. The second-order valence-electron chi connectivity index (χ2n) is 9.18. The lowest BCUT2D eigenvalue weighted by Gasteiger charge is -2.39. The largest absolute Gasteiger partial charge is 0.494 e. The van der Waals surface area contributed by atoms with Gasteiger partial charge >= 0.3 is 0 Å². The van der Waals surface area contributed by atoms with E-state index < -0.39 is 0 Å². The van der Waals surface area contributed by atoms with E-state index >= 15 is 0 Å². The molecule has 146 valence electrons. The SMILES string of the molecule is CCCCOc1ccc(-c2cc3n(c2C2CC2)CCN(C(C)(C)C)C3)cc1. The molecule has 0 spiro atoms. The average Bonchev–Trinajstić information content (AvgIpc) is 3.41. The molecular formula is C24H34N2O. The summed E-state index contributed by atoms with van der Waals surface area (Å²) in [5.41, 5.74) is 6.08. The van der Waals surface area contributed by atoms with E-state index in [1.54, 1.807) is 5.69 Å². The Labute approximate surface area is 164 Å². The fourth-order valence-electron chi connectivity index (χ4n) is 4.17. The van der Waals surface area contributed by atoms with E-state index in [4.69, 9.17) is 4.74 Å². The molecule has 2 aliphatic rings. The Bertz CT molecular complexity index is 778. The minimum absolute atomic E-state index is 0.229. The summed E-state index contributed by atoms with van der Waals surface area (Å²) < 4.78 is 8.47. The molecule has 1 aromatic heterocycles. The summed E-state index contributed by atoms with van der Waals surface area (Å²) in [6, 6.07) is 11.2. The van der Waals surface area contributed by atoms with Gasteiger partial charge in [-0.2, -0.15) is 0 Å². The summed E-state index contributed by atoms with van der Waals surface area (Å²) in [4.78, 5) is 2.60. The van der Waals surface area contributed by atoms with Gasteiger partial charge in [-0.05, 0) is 69.7 Å². The van der Waals surface area contributed by atoms with Crippen LogP contribution in [0.25, 0.3) is 11.1 Å². The molecule has 0 atom stereocenters. The van der Waals surface area contributed by atoms with Gasteiger partial charge in [0.15, 0.2) is 0 Å². The minimum Gasteiger partial charge on any atom is -0.494 e. The Kier molecular flexibility index (Phi) is 5.07. The third-order valence-corrected chi connectivity index (χ3v) is 6.02. The molecule has 1 fully saturated rings. The Morgan fingerprint density at radius 3 is 2.44 bits per heavy atom. The van der Waals surface area contributed by atoms with Crippen LogP contribution in [0.2, 0.25) is 0 Å². The lowest BCUT2D eigenvalue weighted by atomic mass is 10.0. The normalized spacial score (nSPS) is 17.8. The quantitative estimate of drug-likeness (QED) is 0.599. The summed E-state index contributed by atoms with van der Waals surface area (Å²) in [6.45, 7) is 13.3. The first-order valence-corrected chi connectivity index (χ1v) is 10.7. The monoisotopic (exact) mass is 366 g/mol. The van der Waals surface area contributed by atoms with Crippen molar-refractivity contribution in [2.75, 3.05) is 13.2 Å². The Morgan fingerprint density at radius 1 is 1.07 bits per heavy atom. The van der Waals surface area contributed by atoms with Gasteiger partial charge in [0, 0.05) is 42.1 Å². The number of benzene rings is 1. The second kappa shape index (κ2) is 7.35. The topological polar surface area (TPSA) is 17.4 Å². The van der Waals surface area contributed by atoms with Gasteiger partial charge in [0.2, 0.25) is 0 Å². The van der Waals surface area contributed by atoms with E-state index in [0.29, 0.717) is 0 Å². The third kappa shape index (κ3) is 3.94. The van der Waals surface area contributed by atoms with E-state index in [2.05, 4.69) is 67.5 Å². The smallest absolute Gasteiger partial charge is 0.119 e. The van der Waals surface area contributed by atoms with Crippen molar-refractivity contribution in [2.24, 2.45) is 0 Å². The highest BCUT2D eigenvalue weighted by Gasteiger charge is 2.34. The van der Waals surface area contributed by atoms with Gasteiger partial charge in [-0.15, -0.1) is 0 Å². The number of fused-ring (bicyclic) bond motifs is 1. The van der Waals surface area contributed by atoms with Crippen LogP contribution in [-0.2, 0) is 13.1 Å². The maximum atomic E-state index is 5.85. The molecule has 1 aliphatic heterocycles. The van der Waals surface area contributed by atoms with Crippen molar-refractivity contribution in [3.05, 3.63) is 41.7 Å². The molecule has 1 saturated carbocycles. The molecule has 0 N–H and O–H groups in total. The van der Waals surface area contributed by atoms with Crippen molar-refractivity contribution in [1.82, 2.24) is 9.47 Å². The van der Waals surface area contributed by atoms with Crippen LogP contribution in [0.4, 0.5) is 0 Å². The van der Waals surface area contributed by atoms with Gasteiger partial charge in [-0.1, -0.05) is 25.5 Å². The van der Waals surface area contributed by atoms with E-state index in [9.17, 15) is 0 Å². The standard InChI is InChI=1S/C24H34N2O/c1-5-6-15-27-21-11-9-18(10-12-21)22-16-20-17-25(24(2,3)4)13-14-26(20)23(22)19-7-8-19/h9-12,16,19H,5-8,13-15,17H2,1-4H3. The summed E-state index contributed by atoms with van der Waals surface area (Å²) in [5, 5.41) is 0. The summed E-state index contributed by atoms with van der Waals surface area (Å²) in [6.07, 6.45) is 4.98. The first-order chi connectivity index (χ1) is 13.0. The predicted molar refractivity (Wildman–Crippen MR) is 112 cm³/mol. The van der Waals surface area contributed by atoms with Crippen molar-refractivity contribution in [2.45, 2.75) is 77.9 Å². The number of ether oxygens (including phenoxy) is 1. The predicted octanol–water partition coefficient (Wildman–Crippen LogP) is 5.83. The average molecular weight is 367 g/mol. The number of unbranched alkanes of at least 4 members (excludes halogenated alkanes) is 1. The van der Waals surface area contributed by atoms with Crippen molar-refractivity contribution in [3.8, 4) is 16.9 Å². The molecule has 4 rings (SSSR count). The molecule has 3 nitrogen and oxygen atoms in total. The van der Waals surface area contributed by atoms with Crippen molar-refractivity contribution in [3.63, 3.8) is 0 Å². The zero-order valence-corrected chi connectivity index (χ0v) is 17.4. The van der Waals surface area contributed by atoms with E-state index in [0.717, 1.165) is 44.3 Å². The molecule has 0 bridgehead atoms. The molecule has 27 heavy (non-hydrogen) atoms. The lowest BCUT2D eigenvalue weighted by molar-refractivity contribution is 0.102. The first kappa shape index (κ1) is 18.6. The van der Waals surface area contributed by atoms with Crippen LogP contribution in [0.5, 0.6) is 5.75 Å². The summed E-state index contributed by atoms with van der Waals surface area (Å²) >= 11 is 0. The van der Waals surface area contributed by atoms with Crippen LogP contribution >= 0.6 is 0 Å². The Morgan fingerprint density at radius 2 is 1.81 bits per heavy atom. The Balaban J connectivity index is 1.61. The van der Waals surface area contributed by atoms with E-state index in [-0.39, 0.29) is 5.54 Å². The fraction of sp³-hybridized carbons (Fsp3) is 0.583. The van der Waals surface area contributed by atoms with Gasteiger partial charge in [0.05, 0.1) is 6.61 Å². The van der Waals surface area contributed by atoms with Crippen LogP contribution in [0.3, 0.4) is 0 Å². The van der Waals surface area contributed by atoms with Crippen LogP contribution in [0, 0.1) is 0 Å².